The number of rotatable bonds is 24. The molecule has 0 radical (unpaired) electrons. The van der Waals surface area contributed by atoms with Gasteiger partial charge in [0.2, 0.25) is 0 Å². The van der Waals surface area contributed by atoms with Crippen LogP contribution in [0, 0.1) is 18.4 Å². The van der Waals surface area contributed by atoms with Gasteiger partial charge in [0.25, 0.3) is 0 Å². The molecule has 272 valence electrons. The Morgan fingerprint density at radius 1 is 0.918 bits per heavy atom. The molecule has 2 aromatic heterocycles. The molecular weight excluding hydrogens is 645 g/mol. The van der Waals surface area contributed by atoms with Crippen molar-refractivity contribution in [1.29, 1.82) is 0 Å². The highest BCUT2D eigenvalue weighted by atomic mass is 19.1. The topological polar surface area (TPSA) is 204 Å². The highest BCUT2D eigenvalue weighted by Gasteiger charge is 2.39. The van der Waals surface area contributed by atoms with Crippen LogP contribution in [0.2, 0.25) is 0 Å². The lowest BCUT2D eigenvalue weighted by Crippen LogP contribution is -2.49. The van der Waals surface area contributed by atoms with E-state index in [-0.39, 0.29) is 49.6 Å². The molecule has 0 aliphatic heterocycles. The zero-order valence-corrected chi connectivity index (χ0v) is 28.5. The SMILES string of the molecule is C#CC(COC(=O)CCC(=O)OC(COC(=O)CCCCCC)COC(=O)CCCCCC)(OC)[C@@H](O)Cn1cnc2c(N)nc(F)nc21. The number of aromatic nitrogens is 4. The number of nitrogens with two attached hydrogens (primary N) is 1. The molecule has 2 atom stereocenters. The summed E-state index contributed by atoms with van der Waals surface area (Å²) in [7, 11) is 1.20. The maximum atomic E-state index is 13.7. The lowest BCUT2D eigenvalue weighted by Gasteiger charge is -2.31. The van der Waals surface area contributed by atoms with Crippen LogP contribution in [0.25, 0.3) is 11.2 Å². The number of carbonyl (C=O) groups excluding carboxylic acids is 4. The molecule has 2 aromatic rings. The van der Waals surface area contributed by atoms with Gasteiger partial charge in [0.15, 0.2) is 23.2 Å². The molecule has 2 rings (SSSR count). The number of aliphatic hydroxyl groups is 1. The third-order valence-corrected chi connectivity index (χ3v) is 7.59. The Hall–Kier alpha value is -4.36. The quantitative estimate of drug-likeness (QED) is 0.0533. The number of ether oxygens (including phenoxy) is 5. The van der Waals surface area contributed by atoms with Crippen LogP contribution < -0.4 is 5.73 Å². The van der Waals surface area contributed by atoms with Crippen molar-refractivity contribution >= 4 is 40.9 Å². The zero-order chi connectivity index (χ0) is 36.2. The van der Waals surface area contributed by atoms with Crippen molar-refractivity contribution in [1.82, 2.24) is 19.5 Å². The van der Waals surface area contributed by atoms with Crippen LogP contribution in [0.15, 0.2) is 6.33 Å². The van der Waals surface area contributed by atoms with Crippen LogP contribution in [0.3, 0.4) is 0 Å². The minimum absolute atomic E-state index is 0.00312. The Morgan fingerprint density at radius 2 is 1.49 bits per heavy atom. The van der Waals surface area contributed by atoms with Gasteiger partial charge in [0.05, 0.1) is 25.7 Å². The second-order valence-corrected chi connectivity index (χ2v) is 11.5. The molecule has 15 nitrogen and oxygen atoms in total. The monoisotopic (exact) mass is 693 g/mol. The summed E-state index contributed by atoms with van der Waals surface area (Å²) in [6.07, 6.45) is 9.93. The molecule has 0 spiro atoms. The fourth-order valence-corrected chi connectivity index (χ4v) is 4.63. The number of carbonyl (C=O) groups is 4. The molecule has 49 heavy (non-hydrogen) atoms. The molecule has 1 unspecified atom stereocenters. The Morgan fingerprint density at radius 3 is 2.04 bits per heavy atom. The highest BCUT2D eigenvalue weighted by Crippen LogP contribution is 2.21. The predicted octanol–water partition coefficient (Wildman–Crippen LogP) is 3.19. The van der Waals surface area contributed by atoms with E-state index in [0.717, 1.165) is 38.5 Å². The van der Waals surface area contributed by atoms with Gasteiger partial charge < -0.3 is 39.1 Å². The Kier molecular flexibility index (Phi) is 18.0. The van der Waals surface area contributed by atoms with Crippen LogP contribution >= 0.6 is 0 Å². The van der Waals surface area contributed by atoms with Gasteiger partial charge in [-0.2, -0.15) is 14.4 Å². The van der Waals surface area contributed by atoms with Gasteiger partial charge in [-0.25, -0.2) is 4.98 Å². The summed E-state index contributed by atoms with van der Waals surface area (Å²) < 4.78 is 41.5. The van der Waals surface area contributed by atoms with E-state index in [1.165, 1.54) is 18.0 Å². The van der Waals surface area contributed by atoms with Crippen molar-refractivity contribution in [2.75, 3.05) is 32.7 Å². The first-order chi connectivity index (χ1) is 23.5. The van der Waals surface area contributed by atoms with Gasteiger partial charge in [-0.1, -0.05) is 58.3 Å². The number of halogens is 1. The first-order valence-electron chi connectivity index (χ1n) is 16.5. The van der Waals surface area contributed by atoms with Gasteiger partial charge in [0, 0.05) is 20.0 Å². The Balaban J connectivity index is 1.92. The van der Waals surface area contributed by atoms with Gasteiger partial charge in [-0.3, -0.25) is 19.2 Å². The molecule has 0 fully saturated rings. The maximum absolute atomic E-state index is 13.7. The number of fused-ring (bicyclic) bond motifs is 1. The van der Waals surface area contributed by atoms with Gasteiger partial charge in [0.1, 0.15) is 31.4 Å². The molecule has 0 saturated carbocycles. The van der Waals surface area contributed by atoms with Crippen molar-refractivity contribution in [2.45, 2.75) is 115 Å². The van der Waals surface area contributed by atoms with E-state index in [9.17, 15) is 28.7 Å². The summed E-state index contributed by atoms with van der Waals surface area (Å²) >= 11 is 0. The summed E-state index contributed by atoms with van der Waals surface area (Å²) in [6.45, 7) is 2.59. The largest absolute Gasteiger partial charge is 0.462 e. The van der Waals surface area contributed by atoms with E-state index in [0.29, 0.717) is 12.8 Å². The van der Waals surface area contributed by atoms with Crippen molar-refractivity contribution < 1.29 is 52.4 Å². The summed E-state index contributed by atoms with van der Waals surface area (Å²) in [6, 6.07) is 0. The van der Waals surface area contributed by atoms with E-state index >= 15 is 0 Å². The number of nitrogens with zero attached hydrogens (tertiary/aromatic N) is 4. The predicted molar refractivity (Wildman–Crippen MR) is 174 cm³/mol. The molecule has 3 N–H and O–H groups in total. The smallest absolute Gasteiger partial charge is 0.312 e. The van der Waals surface area contributed by atoms with Crippen molar-refractivity contribution in [3.63, 3.8) is 0 Å². The minimum Gasteiger partial charge on any atom is -0.462 e. The number of methoxy groups -OCH3 is 1. The molecule has 0 aliphatic rings. The number of anilines is 1. The number of unbranched alkanes of at least 4 members (excludes halogenated alkanes) is 6. The summed E-state index contributed by atoms with van der Waals surface area (Å²) in [5.41, 5.74) is 3.96. The van der Waals surface area contributed by atoms with E-state index < -0.39 is 67.2 Å². The normalized spacial score (nSPS) is 13.0. The number of imidazole rings is 1. The number of hydrogen-bond donors (Lipinski definition) is 2. The van der Waals surface area contributed by atoms with Crippen molar-refractivity contribution in [2.24, 2.45) is 0 Å². The number of esters is 4. The molecule has 0 saturated heterocycles. The van der Waals surface area contributed by atoms with Gasteiger partial charge in [-0.15, -0.1) is 6.42 Å². The zero-order valence-electron chi connectivity index (χ0n) is 28.5. The lowest BCUT2D eigenvalue weighted by atomic mass is 9.98. The van der Waals surface area contributed by atoms with Gasteiger partial charge in [-0.05, 0) is 12.8 Å². The van der Waals surface area contributed by atoms with Crippen LogP contribution in [-0.4, -0.2) is 93.2 Å². The van der Waals surface area contributed by atoms with Gasteiger partial charge >= 0.3 is 30.0 Å². The summed E-state index contributed by atoms with van der Waals surface area (Å²) in [5, 5.41) is 11.0. The van der Waals surface area contributed by atoms with Crippen LogP contribution in [0.1, 0.15) is 90.9 Å². The minimum atomic E-state index is -1.84. The average Bonchev–Trinajstić information content (AvgIpc) is 3.48. The van der Waals surface area contributed by atoms with Crippen LogP contribution in [0.4, 0.5) is 10.2 Å². The fourth-order valence-electron chi connectivity index (χ4n) is 4.63. The molecule has 0 amide bonds. The van der Waals surface area contributed by atoms with Crippen molar-refractivity contribution in [3.8, 4) is 12.3 Å². The molecule has 2 heterocycles. The number of nitrogen functional groups attached to an aromatic ring is 1. The molecular formula is C33H48FN5O10. The molecule has 0 bridgehead atoms. The highest BCUT2D eigenvalue weighted by molar-refractivity contribution is 5.81. The Bertz CT molecular complexity index is 1390. The van der Waals surface area contributed by atoms with E-state index in [1.54, 1.807) is 0 Å². The maximum Gasteiger partial charge on any atom is 0.312 e. The third kappa shape index (κ3) is 14.0. The lowest BCUT2D eigenvalue weighted by molar-refractivity contribution is -0.168. The standard InChI is InChI=1S/C33H48FN5O10/c1-5-8-10-12-14-25(41)46-19-23(20-47-26(42)15-13-11-9-6-2)49-28(44)17-16-27(43)48-21-33(7-3,45-4)24(40)18-39-22-36-29-30(35)37-32(34)38-31(29)39/h3,22-24,40H,5-6,8-21H2,1-2,4H3,(H2,35,37,38)/t24-,33?/m0/s1. The number of aliphatic hydroxyl groups excluding tert-OH is 1. The summed E-state index contributed by atoms with van der Waals surface area (Å²) in [4.78, 5) is 60.6. The molecule has 0 aliphatic carbocycles. The summed E-state index contributed by atoms with van der Waals surface area (Å²) in [5.74, 6) is -0.510. The third-order valence-electron chi connectivity index (χ3n) is 7.59. The van der Waals surface area contributed by atoms with E-state index in [2.05, 4.69) is 34.7 Å². The average molecular weight is 694 g/mol. The first-order valence-corrected chi connectivity index (χ1v) is 16.5. The second-order valence-electron chi connectivity index (χ2n) is 11.5. The number of terminal acetylenes is 1. The van der Waals surface area contributed by atoms with E-state index in [1.807, 2.05) is 0 Å². The van der Waals surface area contributed by atoms with Crippen molar-refractivity contribution in [3.05, 3.63) is 12.4 Å². The fraction of sp³-hybridized carbons (Fsp3) is 0.667. The van der Waals surface area contributed by atoms with Crippen LogP contribution in [0.5, 0.6) is 0 Å². The number of hydrogen-bond acceptors (Lipinski definition) is 14. The first kappa shape index (κ1) is 40.8. The van der Waals surface area contributed by atoms with Crippen LogP contribution in [-0.2, 0) is 49.4 Å². The van der Waals surface area contributed by atoms with E-state index in [4.69, 9.17) is 35.8 Å². The molecule has 0 aromatic carbocycles. The second kappa shape index (κ2) is 21.6. The molecule has 16 heteroatoms. The Labute approximate surface area is 285 Å².